The first-order valence-corrected chi connectivity index (χ1v) is 11.0. The highest BCUT2D eigenvalue weighted by molar-refractivity contribution is 5.94. The zero-order chi connectivity index (χ0) is 23.8. The summed E-state index contributed by atoms with van der Waals surface area (Å²) < 4.78 is 20.3. The van der Waals surface area contributed by atoms with Crippen LogP contribution in [0.25, 0.3) is 10.9 Å². The number of hydrogen-bond acceptors (Lipinski definition) is 5. The van der Waals surface area contributed by atoms with Crippen LogP contribution in [0.2, 0.25) is 0 Å². The lowest BCUT2D eigenvalue weighted by molar-refractivity contribution is 0.0549. The Labute approximate surface area is 192 Å². The Morgan fingerprint density at radius 2 is 2.00 bits per heavy atom. The Morgan fingerprint density at radius 3 is 2.67 bits per heavy atom. The van der Waals surface area contributed by atoms with Crippen LogP contribution >= 0.6 is 0 Å². The van der Waals surface area contributed by atoms with Gasteiger partial charge in [0.2, 0.25) is 0 Å². The Kier molecular flexibility index (Phi) is 6.05. The summed E-state index contributed by atoms with van der Waals surface area (Å²) in [5, 5.41) is 23.1. The number of aromatic carboxylic acids is 1. The number of aromatic nitrogens is 1. The van der Waals surface area contributed by atoms with Crippen molar-refractivity contribution in [3.05, 3.63) is 70.2 Å². The molecule has 1 unspecified atom stereocenters. The fourth-order valence-corrected chi connectivity index (χ4v) is 4.68. The van der Waals surface area contributed by atoms with E-state index in [0.717, 1.165) is 24.1 Å². The minimum atomic E-state index is -1.05. The SMILES string of the molecule is Cc1c(C2(C)CCOCC2)nc2c(C(C)Nc3ccccc3C(=O)O)cc(F)cc2c1C#N. The molecule has 1 aliphatic rings. The highest BCUT2D eigenvalue weighted by Gasteiger charge is 2.34. The summed E-state index contributed by atoms with van der Waals surface area (Å²) in [4.78, 5) is 16.6. The molecule has 0 bridgehead atoms. The van der Waals surface area contributed by atoms with E-state index in [9.17, 15) is 19.6 Å². The average Bonchev–Trinajstić information content (AvgIpc) is 2.78. The molecule has 1 atom stereocenters. The number of anilines is 1. The van der Waals surface area contributed by atoms with Crippen LogP contribution in [0.5, 0.6) is 0 Å². The van der Waals surface area contributed by atoms with Crippen LogP contribution in [-0.2, 0) is 10.2 Å². The van der Waals surface area contributed by atoms with Gasteiger partial charge in [0.1, 0.15) is 11.9 Å². The van der Waals surface area contributed by atoms with Gasteiger partial charge in [0.05, 0.1) is 28.4 Å². The summed E-state index contributed by atoms with van der Waals surface area (Å²) in [7, 11) is 0. The minimum absolute atomic E-state index is 0.127. The maximum Gasteiger partial charge on any atom is 0.337 e. The van der Waals surface area contributed by atoms with Crippen molar-refractivity contribution in [1.82, 2.24) is 4.98 Å². The number of hydrogen-bond donors (Lipinski definition) is 2. The van der Waals surface area contributed by atoms with Crippen molar-refractivity contribution in [2.24, 2.45) is 0 Å². The van der Waals surface area contributed by atoms with E-state index < -0.39 is 17.8 Å². The van der Waals surface area contributed by atoms with Gasteiger partial charge in [0.15, 0.2) is 0 Å². The van der Waals surface area contributed by atoms with Gasteiger partial charge in [-0.15, -0.1) is 0 Å². The molecule has 0 aliphatic carbocycles. The van der Waals surface area contributed by atoms with E-state index in [4.69, 9.17) is 9.72 Å². The second-order valence-electron chi connectivity index (χ2n) is 8.85. The highest BCUT2D eigenvalue weighted by Crippen LogP contribution is 2.39. The Balaban J connectivity index is 1.89. The largest absolute Gasteiger partial charge is 0.478 e. The average molecular weight is 448 g/mol. The molecule has 170 valence electrons. The predicted octanol–water partition coefficient (Wildman–Crippen LogP) is 5.49. The second kappa shape index (κ2) is 8.80. The molecule has 6 nitrogen and oxygen atoms in total. The molecule has 3 aromatic rings. The molecule has 33 heavy (non-hydrogen) atoms. The van der Waals surface area contributed by atoms with E-state index in [1.807, 2.05) is 13.8 Å². The Bertz CT molecular complexity index is 1280. The first-order chi connectivity index (χ1) is 15.7. The van der Waals surface area contributed by atoms with Gasteiger partial charge in [-0.1, -0.05) is 19.1 Å². The van der Waals surface area contributed by atoms with Gasteiger partial charge >= 0.3 is 5.97 Å². The van der Waals surface area contributed by atoms with Crippen molar-refractivity contribution in [2.45, 2.75) is 45.1 Å². The predicted molar refractivity (Wildman–Crippen MR) is 124 cm³/mol. The first kappa shape index (κ1) is 22.7. The van der Waals surface area contributed by atoms with Gasteiger partial charge in [0.25, 0.3) is 0 Å². The summed E-state index contributed by atoms with van der Waals surface area (Å²) in [5.41, 5.74) is 3.44. The molecule has 4 rings (SSSR count). The van der Waals surface area contributed by atoms with Crippen LogP contribution in [-0.4, -0.2) is 29.3 Å². The molecule has 2 aromatic carbocycles. The lowest BCUT2D eigenvalue weighted by atomic mass is 9.76. The molecule has 0 amide bonds. The lowest BCUT2D eigenvalue weighted by Gasteiger charge is -2.35. The molecule has 2 heterocycles. The smallest absolute Gasteiger partial charge is 0.337 e. The number of para-hydroxylation sites is 1. The fourth-order valence-electron chi connectivity index (χ4n) is 4.68. The maximum atomic E-state index is 14.7. The normalized spacial score (nSPS) is 16.2. The molecule has 0 spiro atoms. The maximum absolute atomic E-state index is 14.7. The summed E-state index contributed by atoms with van der Waals surface area (Å²) in [5.74, 6) is -1.52. The number of nitriles is 1. The number of benzene rings is 2. The molecule has 1 saturated heterocycles. The van der Waals surface area contributed by atoms with Crippen molar-refractivity contribution in [3.8, 4) is 6.07 Å². The van der Waals surface area contributed by atoms with Crippen LogP contribution < -0.4 is 5.32 Å². The fraction of sp³-hybridized carbons (Fsp3) is 0.346. The quantitative estimate of drug-likeness (QED) is 0.537. The molecule has 1 aromatic heterocycles. The number of ether oxygens (including phenoxy) is 1. The summed E-state index contributed by atoms with van der Waals surface area (Å²) in [6.07, 6.45) is 1.57. The van der Waals surface area contributed by atoms with E-state index in [0.29, 0.717) is 40.9 Å². The number of carboxylic acid groups (broad SMARTS) is 1. The Morgan fingerprint density at radius 1 is 1.30 bits per heavy atom. The van der Waals surface area contributed by atoms with Gasteiger partial charge in [0, 0.05) is 35.3 Å². The van der Waals surface area contributed by atoms with E-state index in [-0.39, 0.29) is 11.0 Å². The second-order valence-corrected chi connectivity index (χ2v) is 8.85. The number of nitrogens with one attached hydrogen (secondary N) is 1. The van der Waals surface area contributed by atoms with Crippen molar-refractivity contribution in [2.75, 3.05) is 18.5 Å². The van der Waals surface area contributed by atoms with Crippen molar-refractivity contribution in [3.63, 3.8) is 0 Å². The number of nitrogens with zero attached hydrogens (tertiary/aromatic N) is 2. The molecule has 2 N–H and O–H groups in total. The number of fused-ring (bicyclic) bond motifs is 1. The number of halogens is 1. The molecular formula is C26H26FN3O3. The van der Waals surface area contributed by atoms with Crippen LogP contribution in [0.3, 0.4) is 0 Å². The third-order valence-electron chi connectivity index (χ3n) is 6.60. The number of rotatable bonds is 5. The molecule has 0 saturated carbocycles. The van der Waals surface area contributed by atoms with Crippen LogP contribution in [0.4, 0.5) is 10.1 Å². The molecule has 7 heteroatoms. The van der Waals surface area contributed by atoms with Crippen molar-refractivity contribution >= 4 is 22.6 Å². The Hall–Kier alpha value is -3.50. The van der Waals surface area contributed by atoms with Gasteiger partial charge < -0.3 is 15.2 Å². The van der Waals surface area contributed by atoms with Crippen molar-refractivity contribution < 1.29 is 19.0 Å². The van der Waals surface area contributed by atoms with E-state index >= 15 is 0 Å². The zero-order valence-corrected chi connectivity index (χ0v) is 18.9. The summed E-state index contributed by atoms with van der Waals surface area (Å²) >= 11 is 0. The number of carbonyl (C=O) groups is 1. The van der Waals surface area contributed by atoms with E-state index in [2.05, 4.69) is 18.3 Å². The third kappa shape index (κ3) is 4.14. The zero-order valence-electron chi connectivity index (χ0n) is 18.9. The van der Waals surface area contributed by atoms with Crippen LogP contribution in [0.1, 0.15) is 65.5 Å². The third-order valence-corrected chi connectivity index (χ3v) is 6.60. The molecule has 1 aliphatic heterocycles. The first-order valence-electron chi connectivity index (χ1n) is 11.0. The molecular weight excluding hydrogens is 421 g/mol. The highest BCUT2D eigenvalue weighted by atomic mass is 19.1. The minimum Gasteiger partial charge on any atom is -0.478 e. The summed E-state index contributed by atoms with van der Waals surface area (Å²) in [6.45, 7) is 7.08. The standard InChI is InChI=1S/C26H26FN3O3/c1-15-21(14-28)20-13-17(27)12-19(16(2)29-22-7-5-4-6-18(22)25(31)32)23(20)30-24(15)26(3)8-10-33-11-9-26/h4-7,12-13,16,29H,8-11H2,1-3H3,(H,31,32). The lowest BCUT2D eigenvalue weighted by Crippen LogP contribution is -2.32. The van der Waals surface area contributed by atoms with Crippen LogP contribution in [0.15, 0.2) is 36.4 Å². The van der Waals surface area contributed by atoms with E-state index in [1.54, 1.807) is 18.2 Å². The number of carboxylic acids is 1. The van der Waals surface area contributed by atoms with Gasteiger partial charge in [-0.25, -0.2) is 9.18 Å². The van der Waals surface area contributed by atoms with Gasteiger partial charge in [-0.2, -0.15) is 5.26 Å². The van der Waals surface area contributed by atoms with Crippen LogP contribution in [0, 0.1) is 24.1 Å². The summed E-state index contributed by atoms with van der Waals surface area (Å²) in [6, 6.07) is 11.2. The molecule has 0 radical (unpaired) electrons. The van der Waals surface area contributed by atoms with Gasteiger partial charge in [-0.3, -0.25) is 4.98 Å². The van der Waals surface area contributed by atoms with E-state index in [1.165, 1.54) is 18.2 Å². The number of pyridine rings is 1. The topological polar surface area (TPSA) is 95.2 Å². The van der Waals surface area contributed by atoms with Crippen molar-refractivity contribution in [1.29, 1.82) is 5.26 Å². The monoisotopic (exact) mass is 447 g/mol. The molecule has 1 fully saturated rings. The van der Waals surface area contributed by atoms with Gasteiger partial charge in [-0.05, 0) is 56.5 Å².